The maximum Gasteiger partial charge on any atom is 0.235 e. The third-order valence-electron chi connectivity index (χ3n) is 0.894. The third kappa shape index (κ3) is 1.20. The van der Waals surface area contributed by atoms with Crippen molar-refractivity contribution in [3.05, 3.63) is 12.8 Å². The van der Waals surface area contributed by atoms with E-state index in [0.717, 1.165) is 10.2 Å². The highest BCUT2D eigenvalue weighted by Crippen LogP contribution is 2.11. The molecule has 0 aliphatic carbocycles. The van der Waals surface area contributed by atoms with Crippen molar-refractivity contribution in [3.63, 3.8) is 0 Å². The summed E-state index contributed by atoms with van der Waals surface area (Å²) in [6, 6.07) is 0. The Bertz CT molecular complexity index is 161. The van der Waals surface area contributed by atoms with Gasteiger partial charge in [-0.2, -0.15) is 0 Å². The third-order valence-corrected chi connectivity index (χ3v) is 1.58. The molecule has 0 saturated heterocycles. The van der Waals surface area contributed by atoms with Gasteiger partial charge < -0.3 is 5.32 Å². The van der Waals surface area contributed by atoms with E-state index in [1.54, 1.807) is 0 Å². The van der Waals surface area contributed by atoms with E-state index < -0.39 is 5.41 Å². The molecule has 0 aromatic heterocycles. The second-order valence-electron chi connectivity index (χ2n) is 1.75. The van der Waals surface area contributed by atoms with Gasteiger partial charge in [-0.15, -0.1) is 10.2 Å². The van der Waals surface area contributed by atoms with Gasteiger partial charge in [0.25, 0.3) is 0 Å². The zero-order chi connectivity index (χ0) is 6.74. The lowest BCUT2D eigenvalue weighted by Crippen LogP contribution is -2.36. The summed E-state index contributed by atoms with van der Waals surface area (Å²) in [5.74, 6) is 0. The van der Waals surface area contributed by atoms with Gasteiger partial charge >= 0.3 is 0 Å². The summed E-state index contributed by atoms with van der Waals surface area (Å²) < 4.78 is 0. The van der Waals surface area contributed by atoms with Crippen molar-refractivity contribution in [2.75, 3.05) is 0 Å². The summed E-state index contributed by atoms with van der Waals surface area (Å²) in [5, 5.41) is 17.0. The largest absolute Gasteiger partial charge is 0.352 e. The van der Waals surface area contributed by atoms with Gasteiger partial charge in [0, 0.05) is 0 Å². The van der Waals surface area contributed by atoms with Gasteiger partial charge in [-0.25, -0.2) is 0 Å². The lowest BCUT2D eigenvalue weighted by atomic mass is 10.8. The summed E-state index contributed by atoms with van der Waals surface area (Å²) in [4.78, 5) is 0. The maximum atomic E-state index is 3.73. The van der Waals surface area contributed by atoms with Gasteiger partial charge in [0.1, 0.15) is 0 Å². The van der Waals surface area contributed by atoms with E-state index >= 15 is 0 Å². The number of nitrogens with zero attached hydrogens (tertiary/aromatic N) is 4. The van der Waals surface area contributed by atoms with Crippen LogP contribution in [0.2, 0.25) is 0 Å². The molecule has 0 aromatic carbocycles. The van der Waals surface area contributed by atoms with E-state index in [2.05, 4.69) is 32.6 Å². The predicted octanol–water partition coefficient (Wildman–Crippen LogP) is -0.471. The summed E-state index contributed by atoms with van der Waals surface area (Å²) >= 11 is 0. The molecule has 0 saturated carbocycles. The highest BCUT2D eigenvalue weighted by Gasteiger charge is 2.22. The average Bonchev–Trinajstić information content (AvgIpc) is 2.16. The second-order valence-corrected chi connectivity index (χ2v) is 3.14. The first-order valence-electron chi connectivity index (χ1n) is 2.49. The van der Waals surface area contributed by atoms with E-state index in [-0.39, 0.29) is 0 Å². The Balaban J connectivity index is 2.63. The van der Waals surface area contributed by atoms with Gasteiger partial charge in [0.2, 0.25) is 5.41 Å². The quantitative estimate of drug-likeness (QED) is 0.519. The number of rotatable bonds is 2. The first kappa shape index (κ1) is 6.08. The van der Waals surface area contributed by atoms with Gasteiger partial charge in [-0.05, 0) is 16.6 Å². The van der Waals surface area contributed by atoms with E-state index in [0.29, 0.717) is 0 Å². The molecule has 1 aliphatic rings. The van der Waals surface area contributed by atoms with Gasteiger partial charge in [-0.3, -0.25) is 0 Å². The lowest BCUT2D eigenvalue weighted by Gasteiger charge is -2.12. The monoisotopic (exact) mass is 141 g/mol. The van der Waals surface area contributed by atoms with Crippen molar-refractivity contribution in [3.8, 4) is 0 Å². The van der Waals surface area contributed by atoms with Crippen LogP contribution in [0, 0.1) is 0 Å². The minimum absolute atomic E-state index is 0.568. The van der Waals surface area contributed by atoms with Crippen molar-refractivity contribution < 1.29 is 0 Å². The fourth-order valence-corrected chi connectivity index (χ4v) is 0.868. The van der Waals surface area contributed by atoms with Crippen molar-refractivity contribution in [2.45, 2.75) is 5.41 Å². The fourth-order valence-electron chi connectivity index (χ4n) is 0.485. The molecule has 0 fully saturated rings. The summed E-state index contributed by atoms with van der Waals surface area (Å²) in [6.45, 7) is 3.48. The number of hydrogen-bond donors (Lipinski definition) is 1. The molecule has 0 bridgehead atoms. The highest BCUT2D eigenvalue weighted by molar-refractivity contribution is 6.14. The standard InChI is InChI=1S/C3H7N5Si/c1-2-4-3(9)5-7-8-6-3/h2,4H,1H2,9H3. The van der Waals surface area contributed by atoms with Crippen LogP contribution in [-0.4, -0.2) is 15.7 Å². The molecule has 9 heavy (non-hydrogen) atoms. The Kier molecular flexibility index (Phi) is 1.39. The first-order valence-corrected chi connectivity index (χ1v) is 3.49. The van der Waals surface area contributed by atoms with E-state index in [1.165, 1.54) is 6.20 Å². The Morgan fingerprint density at radius 2 is 2.00 bits per heavy atom. The van der Waals surface area contributed by atoms with Crippen LogP contribution >= 0.6 is 0 Å². The van der Waals surface area contributed by atoms with Gasteiger partial charge in [-0.1, -0.05) is 6.58 Å². The van der Waals surface area contributed by atoms with E-state index in [1.807, 2.05) is 0 Å². The van der Waals surface area contributed by atoms with Crippen molar-refractivity contribution in [2.24, 2.45) is 20.7 Å². The van der Waals surface area contributed by atoms with Crippen LogP contribution < -0.4 is 5.32 Å². The molecule has 48 valence electrons. The molecule has 1 rings (SSSR count). The highest BCUT2D eigenvalue weighted by atomic mass is 28.1. The Morgan fingerprint density at radius 3 is 2.44 bits per heavy atom. The zero-order valence-corrected chi connectivity index (χ0v) is 7.07. The molecule has 5 nitrogen and oxygen atoms in total. The van der Waals surface area contributed by atoms with E-state index in [9.17, 15) is 0 Å². The Labute approximate surface area is 55.4 Å². The molecular weight excluding hydrogens is 134 g/mol. The Morgan fingerprint density at radius 1 is 1.44 bits per heavy atom. The molecule has 1 aliphatic heterocycles. The average molecular weight is 141 g/mol. The molecule has 1 heterocycles. The molecule has 6 heteroatoms. The number of hydrogen-bond acceptors (Lipinski definition) is 5. The topological polar surface area (TPSA) is 61.5 Å². The summed E-state index contributed by atoms with van der Waals surface area (Å²) in [7, 11) is 0.739. The molecule has 0 unspecified atom stereocenters. The van der Waals surface area contributed by atoms with E-state index in [4.69, 9.17) is 0 Å². The lowest BCUT2D eigenvalue weighted by molar-refractivity contribution is 0.561. The normalized spacial score (nSPS) is 20.4. The van der Waals surface area contributed by atoms with Crippen molar-refractivity contribution in [1.29, 1.82) is 0 Å². The molecule has 0 spiro atoms. The van der Waals surface area contributed by atoms with Crippen LogP contribution in [0.25, 0.3) is 0 Å². The first-order chi connectivity index (χ1) is 4.27. The predicted molar refractivity (Wildman–Crippen MR) is 35.7 cm³/mol. The van der Waals surface area contributed by atoms with Crippen LogP contribution in [0.1, 0.15) is 0 Å². The van der Waals surface area contributed by atoms with Crippen molar-refractivity contribution in [1.82, 2.24) is 5.32 Å². The second kappa shape index (κ2) is 2.06. The van der Waals surface area contributed by atoms with Crippen LogP contribution in [0.4, 0.5) is 0 Å². The zero-order valence-electron chi connectivity index (χ0n) is 5.07. The molecule has 1 N–H and O–H groups in total. The van der Waals surface area contributed by atoms with Crippen LogP contribution in [0.15, 0.2) is 33.5 Å². The fraction of sp³-hybridized carbons (Fsp3) is 0.333. The minimum Gasteiger partial charge on any atom is -0.352 e. The smallest absolute Gasteiger partial charge is 0.235 e. The Hall–Kier alpha value is -1.04. The van der Waals surface area contributed by atoms with Gasteiger partial charge in [0.05, 0.1) is 10.2 Å². The molecule has 0 amide bonds. The van der Waals surface area contributed by atoms with Crippen LogP contribution in [0.5, 0.6) is 0 Å². The maximum absolute atomic E-state index is 3.73. The molecule has 0 radical (unpaired) electrons. The summed E-state index contributed by atoms with van der Waals surface area (Å²) in [5.41, 5.74) is -0.568. The molecule has 0 aromatic rings. The minimum atomic E-state index is -0.568. The van der Waals surface area contributed by atoms with Gasteiger partial charge in [0.15, 0.2) is 0 Å². The number of nitrogens with one attached hydrogen (secondary N) is 1. The molecular formula is C3H7N5Si. The van der Waals surface area contributed by atoms with Crippen LogP contribution in [-0.2, 0) is 0 Å². The van der Waals surface area contributed by atoms with Crippen molar-refractivity contribution >= 4 is 10.2 Å². The molecule has 0 atom stereocenters. The van der Waals surface area contributed by atoms with Crippen LogP contribution in [0.3, 0.4) is 0 Å². The SMILES string of the molecule is C=CNC1([SiH3])N=NN=N1. The summed E-state index contributed by atoms with van der Waals surface area (Å²) in [6.07, 6.45) is 1.54.